The molecule has 0 unspecified atom stereocenters. The minimum absolute atomic E-state index is 0.123. The Hall–Kier alpha value is -1.15. The highest BCUT2D eigenvalue weighted by Crippen LogP contribution is 2.12. The summed E-state index contributed by atoms with van der Waals surface area (Å²) >= 11 is 0. The van der Waals surface area contributed by atoms with Crippen molar-refractivity contribution in [3.05, 3.63) is 41.5 Å². The molecule has 0 amide bonds. The van der Waals surface area contributed by atoms with Crippen LogP contribution in [0.1, 0.15) is 22.8 Å². The van der Waals surface area contributed by atoms with Gasteiger partial charge in [-0.3, -0.25) is 4.79 Å². The van der Waals surface area contributed by atoms with E-state index in [-0.39, 0.29) is 5.78 Å². The predicted octanol–water partition coefficient (Wildman–Crippen LogP) is 4.24. The first-order chi connectivity index (χ1) is 7.38. The molecule has 0 atom stereocenters. The summed E-state index contributed by atoms with van der Waals surface area (Å²) in [5.41, 5.74) is 1.95. The van der Waals surface area contributed by atoms with Gasteiger partial charge in [0.15, 0.2) is 5.78 Å². The summed E-state index contributed by atoms with van der Waals surface area (Å²) in [6, 6.07) is 8.96. The van der Waals surface area contributed by atoms with Crippen molar-refractivity contribution in [2.24, 2.45) is 0 Å². The Morgan fingerprint density at radius 3 is 2.19 bits per heavy atom. The van der Waals surface area contributed by atoms with Gasteiger partial charge in [-0.25, -0.2) is 0 Å². The summed E-state index contributed by atoms with van der Waals surface area (Å²) < 4.78 is 0. The molecule has 1 nitrogen and oxygen atoms in total. The van der Waals surface area contributed by atoms with Gasteiger partial charge in [-0.1, -0.05) is 56.1 Å². The third-order valence-corrected chi connectivity index (χ3v) is 3.82. The molecule has 0 heterocycles. The van der Waals surface area contributed by atoms with E-state index in [4.69, 9.17) is 0 Å². The Morgan fingerprint density at radius 2 is 1.75 bits per heavy atom. The Kier molecular flexibility index (Phi) is 4.24. The van der Waals surface area contributed by atoms with Gasteiger partial charge in [-0.15, -0.1) is 0 Å². The van der Waals surface area contributed by atoms with Crippen molar-refractivity contribution >= 4 is 19.9 Å². The summed E-state index contributed by atoms with van der Waals surface area (Å²) in [6.07, 6.45) is 4.39. The Balaban J connectivity index is 2.65. The molecule has 0 aromatic heterocycles. The van der Waals surface area contributed by atoms with Crippen molar-refractivity contribution in [2.75, 3.05) is 0 Å². The molecule has 86 valence electrons. The zero-order valence-electron chi connectivity index (χ0n) is 10.6. The van der Waals surface area contributed by atoms with Crippen LogP contribution in [0.3, 0.4) is 0 Å². The molecular formula is C14H20OSi. The molecule has 16 heavy (non-hydrogen) atoms. The van der Waals surface area contributed by atoms with Crippen molar-refractivity contribution in [1.29, 1.82) is 0 Å². The normalized spacial score (nSPS) is 12.0. The zero-order chi connectivity index (χ0) is 12.2. The van der Waals surface area contributed by atoms with E-state index in [2.05, 4.69) is 31.8 Å². The zero-order valence-corrected chi connectivity index (χ0v) is 11.6. The Bertz CT molecular complexity index is 382. The maximum atomic E-state index is 11.1. The standard InChI is InChI=1S/C14H20OSi/c1-12(15)14-9-7-13(8-10-14)6-5-11-16(2,3)4/h5-10H,11H2,1-4H3/b6-5+. The number of carbonyl (C=O) groups is 1. The van der Waals surface area contributed by atoms with Gasteiger partial charge in [0.2, 0.25) is 0 Å². The topological polar surface area (TPSA) is 17.1 Å². The van der Waals surface area contributed by atoms with Gasteiger partial charge >= 0.3 is 0 Å². The van der Waals surface area contributed by atoms with E-state index < -0.39 is 8.07 Å². The van der Waals surface area contributed by atoms with Crippen molar-refractivity contribution in [1.82, 2.24) is 0 Å². The molecule has 1 aromatic rings. The summed E-state index contributed by atoms with van der Waals surface area (Å²) in [4.78, 5) is 11.1. The summed E-state index contributed by atoms with van der Waals surface area (Å²) in [5.74, 6) is 0.123. The van der Waals surface area contributed by atoms with Gasteiger partial charge in [0.25, 0.3) is 0 Å². The molecule has 1 aromatic carbocycles. The lowest BCUT2D eigenvalue weighted by atomic mass is 10.1. The number of carbonyl (C=O) groups excluding carboxylic acids is 1. The molecule has 1 rings (SSSR count). The first-order valence-electron chi connectivity index (χ1n) is 5.66. The van der Waals surface area contributed by atoms with Crippen molar-refractivity contribution < 1.29 is 4.79 Å². The second kappa shape index (κ2) is 5.26. The minimum atomic E-state index is -0.981. The molecule has 0 N–H and O–H groups in total. The fourth-order valence-electron chi connectivity index (χ4n) is 1.38. The third-order valence-electron chi connectivity index (χ3n) is 2.36. The average molecular weight is 232 g/mol. The first-order valence-corrected chi connectivity index (χ1v) is 9.37. The van der Waals surface area contributed by atoms with Crippen LogP contribution in [-0.4, -0.2) is 13.9 Å². The van der Waals surface area contributed by atoms with Gasteiger partial charge in [0, 0.05) is 13.6 Å². The number of Topliss-reactive ketones (excluding diaryl/α,β-unsaturated/α-hetero) is 1. The lowest BCUT2D eigenvalue weighted by Gasteiger charge is -2.11. The van der Waals surface area contributed by atoms with Crippen LogP contribution >= 0.6 is 0 Å². The Labute approximate surface area is 99.2 Å². The van der Waals surface area contributed by atoms with Crippen LogP contribution in [0.4, 0.5) is 0 Å². The van der Waals surface area contributed by atoms with Crippen LogP contribution in [0, 0.1) is 0 Å². The predicted molar refractivity (Wildman–Crippen MR) is 73.6 cm³/mol. The van der Waals surface area contributed by atoms with E-state index in [1.165, 1.54) is 11.6 Å². The molecule has 0 spiro atoms. The quantitative estimate of drug-likeness (QED) is 0.560. The van der Waals surface area contributed by atoms with Gasteiger partial charge in [0.1, 0.15) is 0 Å². The largest absolute Gasteiger partial charge is 0.295 e. The van der Waals surface area contributed by atoms with Crippen molar-refractivity contribution in [3.63, 3.8) is 0 Å². The fraction of sp³-hybridized carbons (Fsp3) is 0.357. The fourth-order valence-corrected chi connectivity index (χ4v) is 2.20. The van der Waals surface area contributed by atoms with Crippen LogP contribution in [0.15, 0.2) is 30.3 Å². The third kappa shape index (κ3) is 4.58. The number of benzene rings is 1. The van der Waals surface area contributed by atoms with Gasteiger partial charge in [-0.05, 0) is 18.5 Å². The average Bonchev–Trinajstić information content (AvgIpc) is 2.16. The van der Waals surface area contributed by atoms with Gasteiger partial charge in [-0.2, -0.15) is 0 Å². The van der Waals surface area contributed by atoms with E-state index in [9.17, 15) is 4.79 Å². The summed E-state index contributed by atoms with van der Waals surface area (Å²) in [6.45, 7) is 8.67. The SMILES string of the molecule is CC(=O)c1ccc(/C=C/C[Si](C)(C)C)cc1. The molecule has 0 aliphatic carbocycles. The molecule has 0 saturated heterocycles. The number of allylic oxidation sites excluding steroid dienone is 1. The summed E-state index contributed by atoms with van der Waals surface area (Å²) in [7, 11) is -0.981. The van der Waals surface area contributed by atoms with Crippen LogP contribution < -0.4 is 0 Å². The molecule has 0 radical (unpaired) electrons. The van der Waals surface area contributed by atoms with E-state index >= 15 is 0 Å². The number of hydrogen-bond donors (Lipinski definition) is 0. The van der Waals surface area contributed by atoms with E-state index in [0.29, 0.717) is 0 Å². The van der Waals surface area contributed by atoms with E-state index in [0.717, 1.165) is 5.56 Å². The minimum Gasteiger partial charge on any atom is -0.295 e. The van der Waals surface area contributed by atoms with Crippen LogP contribution in [0.5, 0.6) is 0 Å². The maximum Gasteiger partial charge on any atom is 0.159 e. The molecule has 0 bridgehead atoms. The van der Waals surface area contributed by atoms with Crippen LogP contribution in [0.25, 0.3) is 6.08 Å². The highest BCUT2D eigenvalue weighted by molar-refractivity contribution is 6.76. The molecular weight excluding hydrogens is 212 g/mol. The van der Waals surface area contributed by atoms with Crippen molar-refractivity contribution in [2.45, 2.75) is 32.6 Å². The first kappa shape index (κ1) is 12.9. The molecule has 2 heteroatoms. The lowest BCUT2D eigenvalue weighted by molar-refractivity contribution is 0.101. The summed E-state index contributed by atoms with van der Waals surface area (Å²) in [5, 5.41) is 0. The lowest BCUT2D eigenvalue weighted by Crippen LogP contribution is -2.17. The Morgan fingerprint density at radius 1 is 1.19 bits per heavy atom. The van der Waals surface area contributed by atoms with Crippen LogP contribution in [0.2, 0.25) is 25.7 Å². The van der Waals surface area contributed by atoms with Gasteiger partial charge in [0.05, 0.1) is 0 Å². The number of rotatable bonds is 4. The van der Waals surface area contributed by atoms with E-state index in [1.54, 1.807) is 6.92 Å². The monoisotopic (exact) mass is 232 g/mol. The van der Waals surface area contributed by atoms with Crippen molar-refractivity contribution in [3.8, 4) is 0 Å². The number of hydrogen-bond acceptors (Lipinski definition) is 1. The second-order valence-electron chi connectivity index (χ2n) is 5.35. The van der Waals surface area contributed by atoms with Crippen LogP contribution in [-0.2, 0) is 0 Å². The molecule has 0 aliphatic heterocycles. The number of ketones is 1. The highest BCUT2D eigenvalue weighted by Gasteiger charge is 2.09. The smallest absolute Gasteiger partial charge is 0.159 e. The second-order valence-corrected chi connectivity index (χ2v) is 10.9. The van der Waals surface area contributed by atoms with Gasteiger partial charge < -0.3 is 0 Å². The van der Waals surface area contributed by atoms with E-state index in [1.807, 2.05) is 24.3 Å². The molecule has 0 saturated carbocycles. The highest BCUT2D eigenvalue weighted by atomic mass is 28.3. The maximum absolute atomic E-state index is 11.1. The molecule has 0 fully saturated rings. The molecule has 0 aliphatic rings.